The lowest BCUT2D eigenvalue weighted by Gasteiger charge is -2.30. The second kappa shape index (κ2) is 6.64. The molecule has 1 aliphatic heterocycles. The highest BCUT2D eigenvalue weighted by Gasteiger charge is 2.15. The minimum Gasteiger partial charge on any atom is -0.370 e. The number of hydrogen-bond donors (Lipinski definition) is 1. The molecule has 4 nitrogen and oxygen atoms in total. The molecule has 0 aliphatic carbocycles. The van der Waals surface area contributed by atoms with Gasteiger partial charge in [0.25, 0.3) is 0 Å². The summed E-state index contributed by atoms with van der Waals surface area (Å²) in [5.74, 6) is 0.516. The van der Waals surface area contributed by atoms with Gasteiger partial charge in [0.15, 0.2) is 0 Å². The zero-order chi connectivity index (χ0) is 12.8. The van der Waals surface area contributed by atoms with E-state index in [1.165, 1.54) is 31.0 Å². The van der Waals surface area contributed by atoms with Gasteiger partial charge in [0.1, 0.15) is 0 Å². The zero-order valence-corrected chi connectivity index (χ0v) is 11.5. The number of piperidine rings is 1. The highest BCUT2D eigenvalue weighted by atomic mass is 32.2. The van der Waals surface area contributed by atoms with E-state index in [4.69, 9.17) is 0 Å². The van der Waals surface area contributed by atoms with Crippen molar-refractivity contribution in [2.24, 2.45) is 0 Å². The Labute approximate surface area is 112 Å². The van der Waals surface area contributed by atoms with Crippen molar-refractivity contribution in [1.82, 2.24) is 4.98 Å². The van der Waals surface area contributed by atoms with Gasteiger partial charge in [-0.05, 0) is 31.6 Å². The van der Waals surface area contributed by atoms with Gasteiger partial charge >= 0.3 is 0 Å². The lowest BCUT2D eigenvalue weighted by Crippen LogP contribution is -2.30. The number of carbonyl (C=O) groups excluding carboxylic acids is 1. The fraction of sp³-hybridized carbons (Fsp3) is 0.538. The maximum absolute atomic E-state index is 11.7. The van der Waals surface area contributed by atoms with Gasteiger partial charge in [-0.3, -0.25) is 9.78 Å². The van der Waals surface area contributed by atoms with Crippen molar-refractivity contribution in [2.45, 2.75) is 19.3 Å². The Balaban J connectivity index is 2.11. The van der Waals surface area contributed by atoms with Crippen LogP contribution in [-0.2, 0) is 4.79 Å². The number of rotatable bonds is 4. The first-order chi connectivity index (χ1) is 8.81. The molecule has 0 unspecified atom stereocenters. The van der Waals surface area contributed by atoms with Crippen LogP contribution in [-0.4, -0.2) is 36.0 Å². The number of hydrogen-bond acceptors (Lipinski definition) is 4. The normalized spacial score (nSPS) is 15.5. The molecule has 0 bridgehead atoms. The summed E-state index contributed by atoms with van der Waals surface area (Å²) in [4.78, 5) is 18.1. The van der Waals surface area contributed by atoms with Crippen molar-refractivity contribution >= 4 is 29.0 Å². The Hall–Kier alpha value is -1.23. The minimum absolute atomic E-state index is 0.0359. The fourth-order valence-corrected chi connectivity index (χ4v) is 2.55. The summed E-state index contributed by atoms with van der Waals surface area (Å²) in [6.07, 6.45) is 9.20. The summed E-state index contributed by atoms with van der Waals surface area (Å²) < 4.78 is 0. The maximum Gasteiger partial charge on any atom is 0.234 e. The number of amides is 1. The Kier molecular flexibility index (Phi) is 4.87. The Bertz CT molecular complexity index is 405. The van der Waals surface area contributed by atoms with Crippen molar-refractivity contribution < 1.29 is 4.79 Å². The predicted molar refractivity (Wildman–Crippen MR) is 77.3 cm³/mol. The molecule has 98 valence electrons. The van der Waals surface area contributed by atoms with Gasteiger partial charge in [0, 0.05) is 19.3 Å². The summed E-state index contributed by atoms with van der Waals surface area (Å²) >= 11 is 1.52. The molecule has 5 heteroatoms. The first-order valence-electron chi connectivity index (χ1n) is 6.29. The fourth-order valence-electron chi connectivity index (χ4n) is 2.21. The van der Waals surface area contributed by atoms with E-state index in [0.29, 0.717) is 5.75 Å². The smallest absolute Gasteiger partial charge is 0.234 e. The van der Waals surface area contributed by atoms with E-state index in [1.807, 2.05) is 12.3 Å². The van der Waals surface area contributed by atoms with Gasteiger partial charge in [-0.25, -0.2) is 0 Å². The maximum atomic E-state index is 11.7. The van der Waals surface area contributed by atoms with Gasteiger partial charge in [0.2, 0.25) is 5.91 Å². The number of nitrogens with one attached hydrogen (secondary N) is 1. The SMILES string of the molecule is CSCC(=O)Nc1cnccc1N1CCCCC1. The molecule has 0 spiro atoms. The summed E-state index contributed by atoms with van der Waals surface area (Å²) in [5, 5.41) is 2.94. The van der Waals surface area contributed by atoms with Crippen LogP contribution in [0.25, 0.3) is 0 Å². The van der Waals surface area contributed by atoms with Gasteiger partial charge in [0.05, 0.1) is 23.3 Å². The van der Waals surface area contributed by atoms with Gasteiger partial charge in [-0.1, -0.05) is 0 Å². The molecular formula is C13H19N3OS. The molecular weight excluding hydrogens is 246 g/mol. The molecule has 1 aliphatic rings. The molecule has 1 saturated heterocycles. The average Bonchev–Trinajstić information content (AvgIpc) is 2.40. The summed E-state index contributed by atoms with van der Waals surface area (Å²) in [6, 6.07) is 1.99. The topological polar surface area (TPSA) is 45.2 Å². The number of thioether (sulfide) groups is 1. The van der Waals surface area contributed by atoms with Crippen LogP contribution in [0.1, 0.15) is 19.3 Å². The third-order valence-electron chi connectivity index (χ3n) is 3.04. The number of aromatic nitrogens is 1. The van der Waals surface area contributed by atoms with E-state index < -0.39 is 0 Å². The average molecular weight is 265 g/mol. The Morgan fingerprint density at radius 3 is 2.94 bits per heavy atom. The van der Waals surface area contributed by atoms with Crippen LogP contribution < -0.4 is 10.2 Å². The molecule has 0 radical (unpaired) electrons. The van der Waals surface area contributed by atoms with Crippen molar-refractivity contribution in [3.05, 3.63) is 18.5 Å². The third-order valence-corrected chi connectivity index (χ3v) is 3.60. The molecule has 0 saturated carbocycles. The van der Waals surface area contributed by atoms with Gasteiger partial charge in [-0.2, -0.15) is 11.8 Å². The standard InChI is InChI=1S/C13H19N3OS/c1-18-10-13(17)15-11-9-14-6-5-12(11)16-7-3-2-4-8-16/h5-6,9H,2-4,7-8,10H2,1H3,(H,15,17). The quantitative estimate of drug-likeness (QED) is 0.908. The van der Waals surface area contributed by atoms with Crippen LogP contribution in [0, 0.1) is 0 Å². The van der Waals surface area contributed by atoms with E-state index in [9.17, 15) is 4.79 Å². The molecule has 2 rings (SSSR count). The van der Waals surface area contributed by atoms with Crippen molar-refractivity contribution in [2.75, 3.05) is 35.3 Å². The number of carbonyl (C=O) groups is 1. The van der Waals surface area contributed by atoms with Gasteiger partial charge < -0.3 is 10.2 Å². The zero-order valence-electron chi connectivity index (χ0n) is 10.7. The molecule has 1 amide bonds. The highest BCUT2D eigenvalue weighted by molar-refractivity contribution is 7.99. The van der Waals surface area contributed by atoms with Gasteiger partial charge in [-0.15, -0.1) is 0 Å². The molecule has 18 heavy (non-hydrogen) atoms. The van der Waals surface area contributed by atoms with Crippen LogP contribution in [0.15, 0.2) is 18.5 Å². The van der Waals surface area contributed by atoms with Crippen LogP contribution in [0.4, 0.5) is 11.4 Å². The monoisotopic (exact) mass is 265 g/mol. The van der Waals surface area contributed by atoms with Crippen LogP contribution in [0.5, 0.6) is 0 Å². The molecule has 0 aromatic carbocycles. The van der Waals surface area contributed by atoms with E-state index in [-0.39, 0.29) is 5.91 Å². The van der Waals surface area contributed by atoms with Crippen LogP contribution in [0.2, 0.25) is 0 Å². The van der Waals surface area contributed by atoms with Crippen molar-refractivity contribution in [1.29, 1.82) is 0 Å². The van der Waals surface area contributed by atoms with Crippen LogP contribution in [0.3, 0.4) is 0 Å². The lowest BCUT2D eigenvalue weighted by atomic mass is 10.1. The lowest BCUT2D eigenvalue weighted by molar-refractivity contribution is -0.113. The summed E-state index contributed by atoms with van der Waals surface area (Å²) in [5.41, 5.74) is 1.93. The van der Waals surface area contributed by atoms with E-state index in [1.54, 1.807) is 12.4 Å². The number of anilines is 2. The first kappa shape index (κ1) is 13.2. The molecule has 2 heterocycles. The predicted octanol–water partition coefficient (Wildman–Crippen LogP) is 2.37. The highest BCUT2D eigenvalue weighted by Crippen LogP contribution is 2.27. The van der Waals surface area contributed by atoms with E-state index >= 15 is 0 Å². The Morgan fingerprint density at radius 2 is 2.22 bits per heavy atom. The summed E-state index contributed by atoms with van der Waals surface area (Å²) in [6.45, 7) is 2.13. The molecule has 1 aromatic rings. The van der Waals surface area contributed by atoms with Crippen molar-refractivity contribution in [3.8, 4) is 0 Å². The minimum atomic E-state index is 0.0359. The van der Waals surface area contributed by atoms with Crippen LogP contribution >= 0.6 is 11.8 Å². The number of pyridine rings is 1. The second-order valence-corrected chi connectivity index (χ2v) is 5.29. The molecule has 1 aromatic heterocycles. The molecule has 0 atom stereocenters. The summed E-state index contributed by atoms with van der Waals surface area (Å²) in [7, 11) is 0. The molecule has 1 fully saturated rings. The first-order valence-corrected chi connectivity index (χ1v) is 7.68. The third kappa shape index (κ3) is 3.38. The van der Waals surface area contributed by atoms with E-state index in [0.717, 1.165) is 24.5 Å². The largest absolute Gasteiger partial charge is 0.370 e. The number of nitrogens with zero attached hydrogens (tertiary/aromatic N) is 2. The molecule has 1 N–H and O–H groups in total. The second-order valence-electron chi connectivity index (χ2n) is 4.42. The Morgan fingerprint density at radius 1 is 1.44 bits per heavy atom. The van der Waals surface area contributed by atoms with Crippen molar-refractivity contribution in [3.63, 3.8) is 0 Å². The van der Waals surface area contributed by atoms with E-state index in [2.05, 4.69) is 15.2 Å².